The SMILES string of the molecule is C=O.C=O.C=O.Clc1nc2c(ccc3cccnc32)cc1-c1ccc(N(c2ccccc2)c2ccccc2)cc1.[Re]. The molecule has 205 valence electrons. The summed E-state index contributed by atoms with van der Waals surface area (Å²) in [5.74, 6) is 0. The van der Waals surface area contributed by atoms with Crippen molar-refractivity contribution in [2.45, 2.75) is 0 Å². The van der Waals surface area contributed by atoms with Crippen LogP contribution in [0.4, 0.5) is 17.1 Å². The minimum Gasteiger partial charge on any atom is -0.311 e. The van der Waals surface area contributed by atoms with E-state index in [9.17, 15) is 0 Å². The van der Waals surface area contributed by atoms with Crippen LogP contribution in [0.25, 0.3) is 32.9 Å². The van der Waals surface area contributed by atoms with E-state index in [1.807, 2.05) is 44.6 Å². The average Bonchev–Trinajstić information content (AvgIpc) is 3.05. The molecule has 6 nitrogen and oxygen atoms in total. The van der Waals surface area contributed by atoms with Crippen LogP contribution >= 0.6 is 11.6 Å². The van der Waals surface area contributed by atoms with Gasteiger partial charge in [0.05, 0.1) is 11.0 Å². The predicted octanol–water partition coefficient (Wildman–Crippen LogP) is 8.02. The van der Waals surface area contributed by atoms with Gasteiger partial charge in [-0.1, -0.05) is 78.3 Å². The van der Waals surface area contributed by atoms with Gasteiger partial charge in [-0.2, -0.15) is 0 Å². The van der Waals surface area contributed by atoms with Crippen molar-refractivity contribution >= 4 is 70.8 Å². The molecule has 0 saturated carbocycles. The number of hydrogen-bond acceptors (Lipinski definition) is 6. The van der Waals surface area contributed by atoms with Crippen molar-refractivity contribution in [2.75, 3.05) is 4.90 Å². The molecule has 6 rings (SSSR count). The van der Waals surface area contributed by atoms with Crippen LogP contribution in [0, 0.1) is 0 Å². The van der Waals surface area contributed by atoms with Gasteiger partial charge in [-0.05, 0) is 54.1 Å². The molecule has 0 amide bonds. The number of fused-ring (bicyclic) bond motifs is 3. The van der Waals surface area contributed by atoms with Crippen LogP contribution in [0.2, 0.25) is 5.15 Å². The van der Waals surface area contributed by atoms with Gasteiger partial charge in [-0.15, -0.1) is 0 Å². The quantitative estimate of drug-likeness (QED) is 0.135. The first-order valence-corrected chi connectivity index (χ1v) is 12.4. The fourth-order valence-corrected chi connectivity index (χ4v) is 4.59. The molecule has 41 heavy (non-hydrogen) atoms. The zero-order chi connectivity index (χ0) is 28.9. The number of hydrogen-bond donors (Lipinski definition) is 0. The van der Waals surface area contributed by atoms with Crippen LogP contribution in [0.1, 0.15) is 0 Å². The molecule has 2 aromatic heterocycles. The first-order valence-electron chi connectivity index (χ1n) is 12.0. The summed E-state index contributed by atoms with van der Waals surface area (Å²) in [5.41, 5.74) is 6.89. The van der Waals surface area contributed by atoms with Crippen molar-refractivity contribution in [3.05, 3.63) is 127 Å². The first-order chi connectivity index (χ1) is 19.8. The monoisotopic (exact) mass is 734 g/mol. The van der Waals surface area contributed by atoms with E-state index in [1.54, 1.807) is 6.20 Å². The summed E-state index contributed by atoms with van der Waals surface area (Å²) < 4.78 is 0. The standard InChI is InChI=1S/C30H20ClN3.3CH2O.Re/c31-30-27(20-23-14-13-22-8-7-19-32-28(22)29(23)33-30)21-15-17-26(18-16-21)34(24-9-3-1-4-10-24)25-11-5-2-6-12-25;3*1-2;/h1-20H;3*1H2;. The second-order valence-electron chi connectivity index (χ2n) is 8.09. The fourth-order valence-electron chi connectivity index (χ4n) is 4.35. The van der Waals surface area contributed by atoms with Gasteiger partial charge in [-0.25, -0.2) is 4.98 Å². The molecule has 0 aliphatic heterocycles. The summed E-state index contributed by atoms with van der Waals surface area (Å²) in [6.45, 7) is 6.00. The molecule has 0 saturated heterocycles. The van der Waals surface area contributed by atoms with Crippen LogP contribution in [-0.4, -0.2) is 30.3 Å². The van der Waals surface area contributed by atoms with Gasteiger partial charge >= 0.3 is 0 Å². The topological polar surface area (TPSA) is 80.2 Å². The molecule has 0 N–H and O–H groups in total. The van der Waals surface area contributed by atoms with E-state index in [4.69, 9.17) is 31.0 Å². The molecule has 2 heterocycles. The molecule has 6 aromatic rings. The summed E-state index contributed by atoms with van der Waals surface area (Å²) in [7, 11) is 0. The smallest absolute Gasteiger partial charge is 0.137 e. The second kappa shape index (κ2) is 16.5. The molecule has 4 aromatic carbocycles. The van der Waals surface area contributed by atoms with Crippen molar-refractivity contribution in [3.63, 3.8) is 0 Å². The first kappa shape index (κ1) is 32.7. The third-order valence-electron chi connectivity index (χ3n) is 5.98. The Bertz CT molecular complexity index is 1630. The predicted molar refractivity (Wildman–Crippen MR) is 164 cm³/mol. The summed E-state index contributed by atoms with van der Waals surface area (Å²) in [4.78, 5) is 35.5. The Labute approximate surface area is 257 Å². The van der Waals surface area contributed by atoms with Gasteiger partial charge in [0.2, 0.25) is 0 Å². The molecule has 0 unspecified atom stereocenters. The van der Waals surface area contributed by atoms with Crippen molar-refractivity contribution in [2.24, 2.45) is 0 Å². The number of nitrogens with zero attached hydrogens (tertiary/aromatic N) is 3. The number of para-hydroxylation sites is 2. The third-order valence-corrected chi connectivity index (χ3v) is 6.26. The Morgan fingerprint density at radius 1 is 0.561 bits per heavy atom. The molecule has 0 aliphatic carbocycles. The maximum Gasteiger partial charge on any atom is 0.137 e. The van der Waals surface area contributed by atoms with E-state index in [-0.39, 0.29) is 20.4 Å². The summed E-state index contributed by atoms with van der Waals surface area (Å²) in [6.07, 6.45) is 1.79. The minimum absolute atomic E-state index is 0. The largest absolute Gasteiger partial charge is 0.311 e. The van der Waals surface area contributed by atoms with Crippen LogP contribution in [0.3, 0.4) is 0 Å². The molecule has 0 atom stereocenters. The normalized spacial score (nSPS) is 9.49. The average molecular weight is 734 g/mol. The zero-order valence-electron chi connectivity index (χ0n) is 22.0. The van der Waals surface area contributed by atoms with E-state index in [1.165, 1.54) is 0 Å². The summed E-state index contributed by atoms with van der Waals surface area (Å²) in [6, 6.07) is 39.4. The van der Waals surface area contributed by atoms with Gasteiger partial charge in [0, 0.05) is 60.0 Å². The Morgan fingerprint density at radius 2 is 1.07 bits per heavy atom. The maximum absolute atomic E-state index is 8.00. The van der Waals surface area contributed by atoms with Crippen molar-refractivity contribution in [1.29, 1.82) is 0 Å². The molecule has 0 aliphatic rings. The van der Waals surface area contributed by atoms with Gasteiger partial charge in [0.15, 0.2) is 0 Å². The number of halogens is 1. The second-order valence-corrected chi connectivity index (χ2v) is 8.45. The number of carbonyl (C=O) groups excluding carboxylic acids is 3. The molecule has 0 fully saturated rings. The summed E-state index contributed by atoms with van der Waals surface area (Å²) >= 11 is 6.68. The molecule has 8 heteroatoms. The number of rotatable bonds is 4. The van der Waals surface area contributed by atoms with E-state index in [0.29, 0.717) is 5.15 Å². The van der Waals surface area contributed by atoms with Gasteiger partial charge < -0.3 is 19.3 Å². The van der Waals surface area contributed by atoms with E-state index >= 15 is 0 Å². The van der Waals surface area contributed by atoms with E-state index in [2.05, 4.69) is 101 Å². The number of pyridine rings is 2. The summed E-state index contributed by atoms with van der Waals surface area (Å²) in [5, 5.41) is 2.55. The van der Waals surface area contributed by atoms with Crippen LogP contribution in [-0.2, 0) is 34.8 Å². The van der Waals surface area contributed by atoms with Crippen molar-refractivity contribution < 1.29 is 34.8 Å². The van der Waals surface area contributed by atoms with Crippen molar-refractivity contribution in [1.82, 2.24) is 9.97 Å². The minimum atomic E-state index is 0. The van der Waals surface area contributed by atoms with Gasteiger partial charge in [0.1, 0.15) is 25.5 Å². The maximum atomic E-state index is 8.00. The van der Waals surface area contributed by atoms with Crippen LogP contribution in [0.5, 0.6) is 0 Å². The Morgan fingerprint density at radius 3 is 1.63 bits per heavy atom. The molecule has 0 bridgehead atoms. The Hall–Kier alpha value is -4.54. The van der Waals surface area contributed by atoms with Gasteiger partial charge in [0.25, 0.3) is 0 Å². The number of carbonyl (C=O) groups is 3. The number of anilines is 3. The van der Waals surface area contributed by atoms with Crippen LogP contribution < -0.4 is 4.90 Å². The van der Waals surface area contributed by atoms with E-state index < -0.39 is 0 Å². The number of aromatic nitrogens is 2. The zero-order valence-corrected chi connectivity index (χ0v) is 25.5. The molecule has 1 radical (unpaired) electrons. The van der Waals surface area contributed by atoms with Crippen LogP contribution in [0.15, 0.2) is 121 Å². The fraction of sp³-hybridized carbons (Fsp3) is 0. The van der Waals surface area contributed by atoms with Crippen molar-refractivity contribution in [3.8, 4) is 11.1 Å². The molecular formula is C33H26ClN3O3Re. The Kier molecular flexibility index (Phi) is 13.2. The molecular weight excluding hydrogens is 708 g/mol. The number of benzene rings is 4. The van der Waals surface area contributed by atoms with E-state index in [0.717, 1.165) is 50.0 Å². The third kappa shape index (κ3) is 7.36. The Balaban J connectivity index is 0.000000791. The molecule has 0 spiro atoms. The van der Waals surface area contributed by atoms with Gasteiger partial charge in [-0.3, -0.25) is 4.98 Å².